The van der Waals surface area contributed by atoms with Crippen LogP contribution in [0.5, 0.6) is 5.75 Å². The fourth-order valence-electron chi connectivity index (χ4n) is 2.90. The molecule has 0 bridgehead atoms. The largest absolute Gasteiger partial charge is 0.507 e. The molecule has 0 saturated heterocycles. The molecule has 6 nitrogen and oxygen atoms in total. The van der Waals surface area contributed by atoms with Gasteiger partial charge in [-0.05, 0) is 19.1 Å². The third-order valence-corrected chi connectivity index (χ3v) is 5.28. The van der Waals surface area contributed by atoms with Gasteiger partial charge in [-0.15, -0.1) is 0 Å². The van der Waals surface area contributed by atoms with Crippen molar-refractivity contribution in [2.24, 2.45) is 7.05 Å². The zero-order chi connectivity index (χ0) is 19.7. The second-order valence-electron chi connectivity index (χ2n) is 6.40. The molecule has 7 heteroatoms. The molecule has 0 unspecified atom stereocenters. The predicted molar refractivity (Wildman–Crippen MR) is 111 cm³/mol. The third kappa shape index (κ3) is 3.39. The summed E-state index contributed by atoms with van der Waals surface area (Å²) in [5.41, 5.74) is 2.80. The third-order valence-electron chi connectivity index (χ3n) is 4.32. The van der Waals surface area contributed by atoms with Crippen LogP contribution in [0, 0.1) is 6.92 Å². The van der Waals surface area contributed by atoms with Crippen molar-refractivity contribution >= 4 is 22.4 Å². The highest BCUT2D eigenvalue weighted by Gasteiger charge is 2.20. The molecule has 0 atom stereocenters. The van der Waals surface area contributed by atoms with Crippen molar-refractivity contribution in [1.82, 2.24) is 14.5 Å². The van der Waals surface area contributed by atoms with E-state index in [1.165, 1.54) is 17.4 Å². The SMILES string of the molecule is Cc1ccc(O)c(C(=O)Nc2nc(-c3ccccc3)c(-c3nccn3C)s2)c1. The van der Waals surface area contributed by atoms with Gasteiger partial charge in [-0.2, -0.15) is 0 Å². The van der Waals surface area contributed by atoms with E-state index >= 15 is 0 Å². The van der Waals surface area contributed by atoms with Gasteiger partial charge in [0.1, 0.15) is 5.75 Å². The molecular formula is C21H18N4O2S. The van der Waals surface area contributed by atoms with Gasteiger partial charge in [-0.3, -0.25) is 10.1 Å². The number of benzene rings is 2. The van der Waals surface area contributed by atoms with Crippen molar-refractivity contribution in [3.05, 3.63) is 72.1 Å². The molecule has 140 valence electrons. The van der Waals surface area contributed by atoms with E-state index in [0.29, 0.717) is 5.13 Å². The number of nitrogens with zero attached hydrogens (tertiary/aromatic N) is 3. The molecule has 0 fully saturated rings. The number of amides is 1. The van der Waals surface area contributed by atoms with Crippen LogP contribution in [0.4, 0.5) is 5.13 Å². The monoisotopic (exact) mass is 390 g/mol. The zero-order valence-electron chi connectivity index (χ0n) is 15.4. The van der Waals surface area contributed by atoms with Crippen LogP contribution in [0.1, 0.15) is 15.9 Å². The summed E-state index contributed by atoms with van der Waals surface area (Å²) in [4.78, 5) is 22.6. The highest BCUT2D eigenvalue weighted by molar-refractivity contribution is 7.19. The number of carbonyl (C=O) groups is 1. The van der Waals surface area contributed by atoms with Crippen LogP contribution < -0.4 is 5.32 Å². The molecule has 4 aromatic rings. The van der Waals surface area contributed by atoms with E-state index in [0.717, 1.165) is 27.5 Å². The molecule has 2 heterocycles. The Hall–Kier alpha value is -3.45. The van der Waals surface area contributed by atoms with Gasteiger partial charge in [0.05, 0.1) is 16.1 Å². The molecule has 0 spiro atoms. The Morgan fingerprint density at radius 3 is 2.68 bits per heavy atom. The minimum absolute atomic E-state index is 0.0627. The number of phenolic OH excluding ortho intramolecular Hbond substituents is 1. The van der Waals surface area contributed by atoms with Gasteiger partial charge in [0.15, 0.2) is 11.0 Å². The Bertz CT molecular complexity index is 1150. The molecule has 2 N–H and O–H groups in total. The number of hydrogen-bond acceptors (Lipinski definition) is 5. The number of anilines is 1. The molecular weight excluding hydrogens is 372 g/mol. The van der Waals surface area contributed by atoms with Gasteiger partial charge in [-0.1, -0.05) is 53.3 Å². The van der Waals surface area contributed by atoms with Gasteiger partial charge in [0.25, 0.3) is 5.91 Å². The van der Waals surface area contributed by atoms with Crippen LogP contribution in [0.2, 0.25) is 0 Å². The second-order valence-corrected chi connectivity index (χ2v) is 7.40. The van der Waals surface area contributed by atoms with E-state index in [4.69, 9.17) is 0 Å². The van der Waals surface area contributed by atoms with Gasteiger partial charge in [0, 0.05) is 25.0 Å². The van der Waals surface area contributed by atoms with Gasteiger partial charge >= 0.3 is 0 Å². The first-order valence-electron chi connectivity index (χ1n) is 8.68. The smallest absolute Gasteiger partial charge is 0.261 e. The Kier molecular flexibility index (Phi) is 4.67. The predicted octanol–water partition coefficient (Wildman–Crippen LogP) is 4.48. The summed E-state index contributed by atoms with van der Waals surface area (Å²) >= 11 is 1.35. The number of rotatable bonds is 4. The van der Waals surface area contributed by atoms with E-state index in [-0.39, 0.29) is 11.3 Å². The van der Waals surface area contributed by atoms with Crippen LogP contribution in [-0.2, 0) is 7.05 Å². The molecule has 0 radical (unpaired) electrons. The van der Waals surface area contributed by atoms with Crippen molar-refractivity contribution in [1.29, 1.82) is 0 Å². The van der Waals surface area contributed by atoms with Crippen molar-refractivity contribution in [2.75, 3.05) is 5.32 Å². The molecule has 2 aromatic heterocycles. The quantitative estimate of drug-likeness (QED) is 0.538. The summed E-state index contributed by atoms with van der Waals surface area (Å²) < 4.78 is 1.91. The van der Waals surface area contributed by atoms with Crippen LogP contribution in [0.3, 0.4) is 0 Å². The number of thiazole rings is 1. The normalized spacial score (nSPS) is 10.8. The van der Waals surface area contributed by atoms with Crippen LogP contribution >= 0.6 is 11.3 Å². The zero-order valence-corrected chi connectivity index (χ0v) is 16.2. The van der Waals surface area contributed by atoms with Crippen LogP contribution in [0.15, 0.2) is 60.9 Å². The molecule has 1 amide bonds. The summed E-state index contributed by atoms with van der Waals surface area (Å²) in [6, 6.07) is 14.7. The summed E-state index contributed by atoms with van der Waals surface area (Å²) in [7, 11) is 1.92. The Morgan fingerprint density at radius 2 is 1.96 bits per heavy atom. The van der Waals surface area contributed by atoms with Crippen molar-refractivity contribution < 1.29 is 9.90 Å². The molecule has 0 saturated carbocycles. The Morgan fingerprint density at radius 1 is 1.18 bits per heavy atom. The lowest BCUT2D eigenvalue weighted by molar-refractivity contribution is 0.102. The molecule has 2 aromatic carbocycles. The Balaban J connectivity index is 1.75. The average Bonchev–Trinajstić information content (AvgIpc) is 3.30. The first-order chi connectivity index (χ1) is 13.5. The lowest BCUT2D eigenvalue weighted by Crippen LogP contribution is -2.12. The molecule has 0 aliphatic heterocycles. The first-order valence-corrected chi connectivity index (χ1v) is 9.49. The summed E-state index contributed by atoms with van der Waals surface area (Å²) in [5, 5.41) is 13.3. The van der Waals surface area contributed by atoms with E-state index in [9.17, 15) is 9.90 Å². The maximum absolute atomic E-state index is 12.7. The Labute approximate surface area is 166 Å². The number of aromatic nitrogens is 3. The topological polar surface area (TPSA) is 80.0 Å². The maximum atomic E-state index is 12.7. The fraction of sp³-hybridized carbons (Fsp3) is 0.0952. The van der Waals surface area contributed by atoms with E-state index in [2.05, 4.69) is 15.3 Å². The highest BCUT2D eigenvalue weighted by atomic mass is 32.1. The minimum atomic E-state index is -0.402. The lowest BCUT2D eigenvalue weighted by Gasteiger charge is -2.05. The highest BCUT2D eigenvalue weighted by Crippen LogP contribution is 2.38. The fourth-order valence-corrected chi connectivity index (χ4v) is 3.92. The standard InChI is InChI=1S/C21H18N4O2S/c1-13-8-9-16(26)15(12-13)20(27)24-21-23-17(14-6-4-3-5-7-14)18(28-21)19-22-10-11-25(19)2/h3-12,26H,1-2H3,(H,23,24,27). The van der Waals surface area contributed by atoms with Crippen LogP contribution in [-0.4, -0.2) is 25.5 Å². The lowest BCUT2D eigenvalue weighted by atomic mass is 10.1. The average molecular weight is 390 g/mol. The summed E-state index contributed by atoms with van der Waals surface area (Å²) in [6.45, 7) is 1.87. The number of imidazole rings is 1. The van der Waals surface area contributed by atoms with E-state index < -0.39 is 5.91 Å². The van der Waals surface area contributed by atoms with E-state index in [1.54, 1.807) is 18.3 Å². The van der Waals surface area contributed by atoms with Gasteiger partial charge in [-0.25, -0.2) is 9.97 Å². The number of aromatic hydroxyl groups is 1. The van der Waals surface area contributed by atoms with Gasteiger partial charge in [0.2, 0.25) is 0 Å². The number of carbonyl (C=O) groups excluding carboxylic acids is 1. The molecule has 28 heavy (non-hydrogen) atoms. The molecule has 0 aliphatic carbocycles. The van der Waals surface area contributed by atoms with Crippen molar-refractivity contribution in [3.8, 4) is 27.7 Å². The van der Waals surface area contributed by atoms with Crippen LogP contribution in [0.25, 0.3) is 22.0 Å². The molecule has 0 aliphatic rings. The number of aryl methyl sites for hydroxylation is 2. The van der Waals surface area contributed by atoms with Crippen molar-refractivity contribution in [2.45, 2.75) is 6.92 Å². The van der Waals surface area contributed by atoms with Gasteiger partial charge < -0.3 is 9.67 Å². The summed E-state index contributed by atoms with van der Waals surface area (Å²) in [5.74, 6) is 0.309. The molecule has 4 rings (SSSR count). The maximum Gasteiger partial charge on any atom is 0.261 e. The van der Waals surface area contributed by atoms with Crippen molar-refractivity contribution in [3.63, 3.8) is 0 Å². The minimum Gasteiger partial charge on any atom is -0.507 e. The summed E-state index contributed by atoms with van der Waals surface area (Å²) in [6.07, 6.45) is 3.60. The second kappa shape index (κ2) is 7.28. The number of nitrogens with one attached hydrogen (secondary N) is 1. The first kappa shape index (κ1) is 17.9. The number of phenols is 1. The number of hydrogen-bond donors (Lipinski definition) is 2. The van der Waals surface area contributed by atoms with E-state index in [1.807, 2.05) is 55.1 Å².